The van der Waals surface area contributed by atoms with Gasteiger partial charge in [-0.1, -0.05) is 81.4 Å². The monoisotopic (exact) mass is 644 g/mol. The maximum Gasteiger partial charge on any atom is 0.433 e. The second kappa shape index (κ2) is 13.1. The van der Waals surface area contributed by atoms with Crippen molar-refractivity contribution >= 4 is 24.8 Å². The van der Waals surface area contributed by atoms with Crippen LogP contribution < -0.4 is 20.4 Å². The van der Waals surface area contributed by atoms with Gasteiger partial charge in [0, 0.05) is 19.1 Å². The predicted molar refractivity (Wildman–Crippen MR) is 169 cm³/mol. The van der Waals surface area contributed by atoms with Crippen LogP contribution in [-0.2, 0) is 20.1 Å². The molecule has 0 aliphatic carbocycles. The smallest absolute Gasteiger partial charge is 0.433 e. The topological polar surface area (TPSA) is 78.9 Å². The molecule has 0 fully saturated rings. The Morgan fingerprint density at radius 1 is 0.933 bits per heavy atom. The van der Waals surface area contributed by atoms with Crippen LogP contribution in [0.2, 0.25) is 5.04 Å². The number of carbonyl (C=O) groups excluding carboxylic acids is 1. The van der Waals surface area contributed by atoms with Crippen molar-refractivity contribution in [2.24, 2.45) is 0 Å². The Hall–Kier alpha value is -3.41. The third kappa shape index (κ3) is 7.70. The quantitative estimate of drug-likeness (QED) is 0.258. The lowest BCUT2D eigenvalue weighted by molar-refractivity contribution is -0.141. The third-order valence-electron chi connectivity index (χ3n) is 7.89. The van der Waals surface area contributed by atoms with Crippen molar-refractivity contribution in [1.29, 1.82) is 0 Å². The van der Waals surface area contributed by atoms with E-state index in [0.717, 1.165) is 16.4 Å². The van der Waals surface area contributed by atoms with Gasteiger partial charge in [0.25, 0.3) is 8.32 Å². The van der Waals surface area contributed by atoms with Gasteiger partial charge in [-0.3, -0.25) is 0 Å². The third-order valence-corrected chi connectivity index (χ3v) is 13.0. The van der Waals surface area contributed by atoms with Crippen LogP contribution in [0, 0.1) is 0 Å². The van der Waals surface area contributed by atoms with Crippen molar-refractivity contribution in [1.82, 2.24) is 10.3 Å². The summed E-state index contributed by atoms with van der Waals surface area (Å²) in [7, 11) is -1.39. The van der Waals surface area contributed by atoms with Gasteiger partial charge in [0.1, 0.15) is 17.4 Å². The highest BCUT2D eigenvalue weighted by Crippen LogP contribution is 2.42. The first kappa shape index (κ1) is 34.5. The number of alkyl carbamates (subject to hydrolysis) is 1. The molecule has 1 N–H and O–H groups in total. The molecule has 45 heavy (non-hydrogen) atoms. The van der Waals surface area contributed by atoms with E-state index in [-0.39, 0.29) is 17.3 Å². The Balaban J connectivity index is 1.69. The fourth-order valence-electron chi connectivity index (χ4n) is 5.90. The van der Waals surface area contributed by atoms with Crippen molar-refractivity contribution in [2.45, 2.75) is 96.1 Å². The lowest BCUT2D eigenvalue weighted by Gasteiger charge is -2.45. The molecule has 1 aliphatic rings. The van der Waals surface area contributed by atoms with Crippen LogP contribution in [0.5, 0.6) is 5.88 Å². The maximum atomic E-state index is 13.5. The molecular weight excluding hydrogens is 601 g/mol. The number of nitrogens with zero attached hydrogens (tertiary/aromatic N) is 1. The van der Waals surface area contributed by atoms with E-state index >= 15 is 0 Å². The van der Waals surface area contributed by atoms with E-state index in [1.807, 2.05) is 43.3 Å². The molecule has 7 nitrogen and oxygen atoms in total. The van der Waals surface area contributed by atoms with Crippen LogP contribution in [-0.4, -0.2) is 50.4 Å². The number of alkyl halides is 3. The van der Waals surface area contributed by atoms with Gasteiger partial charge in [-0.15, -0.1) is 0 Å². The van der Waals surface area contributed by atoms with Gasteiger partial charge < -0.3 is 24.0 Å². The predicted octanol–water partition coefficient (Wildman–Crippen LogP) is 6.80. The summed E-state index contributed by atoms with van der Waals surface area (Å²) < 4.78 is 65.3. The van der Waals surface area contributed by atoms with Gasteiger partial charge in [-0.05, 0) is 55.2 Å². The number of halogens is 3. The molecule has 4 atom stereocenters. The minimum absolute atomic E-state index is 0.189. The number of ether oxygens (including phenoxy) is 3. The summed E-state index contributed by atoms with van der Waals surface area (Å²) in [5, 5.41) is 4.71. The molecule has 0 radical (unpaired) electrons. The second-order valence-electron chi connectivity index (χ2n) is 13.4. The van der Waals surface area contributed by atoms with Crippen molar-refractivity contribution in [2.75, 3.05) is 7.11 Å². The zero-order valence-electron chi connectivity index (χ0n) is 27.1. The number of pyridine rings is 1. The minimum Gasteiger partial charge on any atom is -0.471 e. The van der Waals surface area contributed by atoms with E-state index in [0.29, 0.717) is 5.56 Å². The Bertz CT molecular complexity index is 1400. The molecule has 0 spiro atoms. The molecule has 0 saturated heterocycles. The number of hydrogen-bond donors (Lipinski definition) is 1. The molecule has 0 unspecified atom stereocenters. The molecule has 0 saturated carbocycles. The van der Waals surface area contributed by atoms with E-state index in [9.17, 15) is 18.0 Å². The second-order valence-corrected chi connectivity index (χ2v) is 17.6. The average Bonchev–Trinajstić information content (AvgIpc) is 3.29. The Labute approximate surface area is 264 Å². The highest BCUT2D eigenvalue weighted by molar-refractivity contribution is 6.99. The number of benzene rings is 2. The summed E-state index contributed by atoms with van der Waals surface area (Å²) in [5.74, 6) is -0.189. The number of amides is 1. The summed E-state index contributed by atoms with van der Waals surface area (Å²) in [4.78, 5) is 16.6. The number of methoxy groups -OCH3 is 1. The Morgan fingerprint density at radius 3 is 1.96 bits per heavy atom. The number of carbonyl (C=O) groups is 1. The largest absolute Gasteiger partial charge is 0.471 e. The first-order valence-corrected chi connectivity index (χ1v) is 16.9. The first-order valence-electron chi connectivity index (χ1n) is 15.0. The molecule has 1 aliphatic heterocycles. The molecule has 0 bridgehead atoms. The van der Waals surface area contributed by atoms with Gasteiger partial charge in [-0.25, -0.2) is 9.78 Å². The summed E-state index contributed by atoms with van der Waals surface area (Å²) in [6.07, 6.45) is -7.03. The molecule has 11 heteroatoms. The normalized spacial score (nSPS) is 18.5. The van der Waals surface area contributed by atoms with Crippen molar-refractivity contribution in [3.63, 3.8) is 0 Å². The van der Waals surface area contributed by atoms with Gasteiger partial charge >= 0.3 is 12.3 Å². The highest BCUT2D eigenvalue weighted by atomic mass is 28.4. The molecule has 3 aromatic rings. The lowest BCUT2D eigenvalue weighted by atomic mass is 9.98. The molecule has 1 aromatic heterocycles. The van der Waals surface area contributed by atoms with Crippen LogP contribution >= 0.6 is 0 Å². The van der Waals surface area contributed by atoms with Crippen LogP contribution in [0.4, 0.5) is 18.0 Å². The van der Waals surface area contributed by atoms with Crippen molar-refractivity contribution in [3.8, 4) is 5.88 Å². The van der Waals surface area contributed by atoms with Gasteiger partial charge in [0.15, 0.2) is 0 Å². The van der Waals surface area contributed by atoms with E-state index in [4.69, 9.17) is 18.6 Å². The van der Waals surface area contributed by atoms with E-state index < -0.39 is 56.2 Å². The standard InChI is InChI=1S/C34H43F3N2O5Si/c1-22(44-45(33(5,6)7,23-15-11-9-12-16-23)24-17-13-10-14-18-24)26(41-8)21-27-29(39-31(40)43-32(2,3)4)25-19-20-28(34(35,36)37)38-30(25)42-27/h9-20,22,26-27,29H,21H2,1-8H3,(H,39,40)/t22-,26+,27-,29-/m0/s1. The summed E-state index contributed by atoms with van der Waals surface area (Å²) in [5.41, 5.74) is -1.54. The first-order chi connectivity index (χ1) is 21.0. The number of fused-ring (bicyclic) bond motifs is 1. The van der Waals surface area contributed by atoms with E-state index in [1.165, 1.54) is 6.07 Å². The molecule has 2 aromatic carbocycles. The zero-order chi connectivity index (χ0) is 33.2. The fraction of sp³-hybridized carbons (Fsp3) is 0.471. The SMILES string of the molecule is CO[C@H](C[C@@H]1Oc2nc(C(F)(F)F)ccc2[C@@H]1NC(=O)OC(C)(C)C)[C@H](C)O[Si](c1ccccc1)(c1ccccc1)C(C)(C)C. The number of rotatable bonds is 9. The van der Waals surface area contributed by atoms with E-state index in [2.05, 4.69) is 55.3 Å². The van der Waals surface area contributed by atoms with E-state index in [1.54, 1.807) is 27.9 Å². The number of hydrogen-bond acceptors (Lipinski definition) is 6. The minimum atomic E-state index is -4.65. The molecular formula is C34H43F3N2O5Si. The Morgan fingerprint density at radius 2 is 1.49 bits per heavy atom. The molecule has 2 heterocycles. The average molecular weight is 645 g/mol. The maximum absolute atomic E-state index is 13.5. The van der Waals surface area contributed by atoms with Crippen LogP contribution in [0.15, 0.2) is 72.8 Å². The summed E-state index contributed by atoms with van der Waals surface area (Å²) in [6, 6.07) is 21.7. The van der Waals surface area contributed by atoms with Gasteiger partial charge in [0.05, 0.1) is 18.2 Å². The van der Waals surface area contributed by atoms with Gasteiger partial charge in [-0.2, -0.15) is 13.2 Å². The van der Waals surface area contributed by atoms with Crippen molar-refractivity contribution in [3.05, 3.63) is 84.1 Å². The van der Waals surface area contributed by atoms with Crippen molar-refractivity contribution < 1.29 is 36.6 Å². The Kier molecular flexibility index (Phi) is 10.1. The number of aromatic nitrogens is 1. The van der Waals surface area contributed by atoms with Crippen LogP contribution in [0.3, 0.4) is 0 Å². The molecule has 4 rings (SSSR count). The lowest BCUT2D eigenvalue weighted by Crippen LogP contribution is -2.68. The molecule has 1 amide bonds. The van der Waals surface area contributed by atoms with Gasteiger partial charge in [0.2, 0.25) is 5.88 Å². The zero-order valence-corrected chi connectivity index (χ0v) is 28.1. The number of nitrogens with one attached hydrogen (secondary N) is 1. The summed E-state index contributed by atoms with van der Waals surface area (Å²) >= 11 is 0. The molecule has 244 valence electrons. The highest BCUT2D eigenvalue weighted by Gasteiger charge is 2.52. The van der Waals surface area contributed by atoms with Crippen LogP contribution in [0.25, 0.3) is 0 Å². The van der Waals surface area contributed by atoms with Crippen LogP contribution in [0.1, 0.15) is 72.2 Å². The fourth-order valence-corrected chi connectivity index (χ4v) is 10.6. The summed E-state index contributed by atoms with van der Waals surface area (Å²) in [6.45, 7) is 13.6.